The van der Waals surface area contributed by atoms with Crippen molar-refractivity contribution in [2.45, 2.75) is 47.6 Å². The zero-order valence-electron chi connectivity index (χ0n) is 18.3. The van der Waals surface area contributed by atoms with Gasteiger partial charge in [0.2, 0.25) is 5.91 Å². The lowest BCUT2D eigenvalue weighted by Gasteiger charge is -2.18. The second-order valence-electron chi connectivity index (χ2n) is 8.19. The van der Waals surface area contributed by atoms with Crippen molar-refractivity contribution in [1.29, 1.82) is 0 Å². The van der Waals surface area contributed by atoms with Crippen LogP contribution in [0.25, 0.3) is 0 Å². The van der Waals surface area contributed by atoms with Crippen LogP contribution < -0.4 is 20.9 Å². The molecule has 7 nitrogen and oxygen atoms in total. The summed E-state index contributed by atoms with van der Waals surface area (Å²) in [5, 5.41) is 2.77. The van der Waals surface area contributed by atoms with Crippen molar-refractivity contribution < 1.29 is 19.1 Å². The Balaban J connectivity index is 1.95. The van der Waals surface area contributed by atoms with Gasteiger partial charge in [-0.3, -0.25) is 25.2 Å². The largest absolute Gasteiger partial charge is 0.481 e. The summed E-state index contributed by atoms with van der Waals surface area (Å²) in [6, 6.07) is 12.1. The Labute approximate surface area is 177 Å². The number of aryl methyl sites for hydroxylation is 1. The van der Waals surface area contributed by atoms with Crippen LogP contribution >= 0.6 is 0 Å². The average Bonchev–Trinajstić information content (AvgIpc) is 2.68. The second kappa shape index (κ2) is 9.43. The molecule has 30 heavy (non-hydrogen) atoms. The lowest BCUT2D eigenvalue weighted by atomic mass is 9.95. The summed E-state index contributed by atoms with van der Waals surface area (Å²) in [4.78, 5) is 36.8. The highest BCUT2D eigenvalue weighted by Gasteiger charge is 2.21. The normalized spacial score (nSPS) is 11.9. The number of nitrogens with one attached hydrogen (secondary N) is 3. The number of hydrazine groups is 1. The maximum atomic E-state index is 12.4. The van der Waals surface area contributed by atoms with Crippen LogP contribution in [-0.2, 0) is 9.59 Å². The predicted octanol–water partition coefficient (Wildman–Crippen LogP) is 3.52. The molecule has 0 saturated carbocycles. The third kappa shape index (κ3) is 6.07. The van der Waals surface area contributed by atoms with E-state index in [9.17, 15) is 14.4 Å². The first-order chi connectivity index (χ1) is 14.0. The number of ether oxygens (including phenoxy) is 1. The zero-order valence-corrected chi connectivity index (χ0v) is 18.3. The minimum atomic E-state index is -0.803. The zero-order chi connectivity index (χ0) is 22.5. The Bertz CT molecular complexity index is 948. The molecule has 1 unspecified atom stereocenters. The summed E-state index contributed by atoms with van der Waals surface area (Å²) in [5.74, 6) is -0.535. The van der Waals surface area contributed by atoms with Crippen molar-refractivity contribution in [3.05, 3.63) is 59.2 Å². The van der Waals surface area contributed by atoms with Crippen LogP contribution in [0.1, 0.15) is 49.2 Å². The van der Waals surface area contributed by atoms with E-state index in [0.29, 0.717) is 17.0 Å². The average molecular weight is 412 g/mol. The topological polar surface area (TPSA) is 96.5 Å². The minimum Gasteiger partial charge on any atom is -0.481 e. The van der Waals surface area contributed by atoms with E-state index in [0.717, 1.165) is 11.1 Å². The Morgan fingerprint density at radius 1 is 0.967 bits per heavy atom. The molecule has 0 fully saturated rings. The Morgan fingerprint density at radius 3 is 2.30 bits per heavy atom. The fourth-order valence-corrected chi connectivity index (χ4v) is 2.44. The van der Waals surface area contributed by atoms with Gasteiger partial charge < -0.3 is 10.1 Å². The van der Waals surface area contributed by atoms with Gasteiger partial charge in [0.05, 0.1) is 0 Å². The number of hydrogen-bond acceptors (Lipinski definition) is 4. The van der Waals surface area contributed by atoms with Gasteiger partial charge in [-0.05, 0) is 56.2 Å². The molecule has 2 rings (SSSR count). The first-order valence-corrected chi connectivity index (χ1v) is 9.73. The maximum Gasteiger partial charge on any atom is 0.279 e. The summed E-state index contributed by atoms with van der Waals surface area (Å²) >= 11 is 0. The lowest BCUT2D eigenvalue weighted by Crippen LogP contribution is -2.47. The first-order valence-electron chi connectivity index (χ1n) is 9.73. The number of carbonyl (C=O) groups excluding carboxylic acids is 3. The summed E-state index contributed by atoms with van der Waals surface area (Å²) in [7, 11) is 0. The Hall–Kier alpha value is -3.35. The molecular weight excluding hydrogens is 382 g/mol. The SMILES string of the molecule is Cc1cccc(OC(C)C(=O)NNC(=O)c2cccc(NC(=O)C(C)(C)C)c2)c1C. The van der Waals surface area contributed by atoms with E-state index >= 15 is 0 Å². The summed E-state index contributed by atoms with van der Waals surface area (Å²) in [6.07, 6.45) is -0.803. The van der Waals surface area contributed by atoms with E-state index in [4.69, 9.17) is 4.74 Å². The van der Waals surface area contributed by atoms with Crippen LogP contribution in [-0.4, -0.2) is 23.8 Å². The molecule has 7 heteroatoms. The molecule has 0 radical (unpaired) electrons. The molecule has 160 valence electrons. The molecule has 2 aromatic carbocycles. The van der Waals surface area contributed by atoms with Crippen LogP contribution in [0.5, 0.6) is 5.75 Å². The van der Waals surface area contributed by atoms with E-state index in [1.165, 1.54) is 0 Å². The minimum absolute atomic E-state index is 0.161. The van der Waals surface area contributed by atoms with Crippen LogP contribution in [0.15, 0.2) is 42.5 Å². The molecule has 1 atom stereocenters. The Morgan fingerprint density at radius 2 is 1.63 bits per heavy atom. The number of rotatable bonds is 5. The predicted molar refractivity (Wildman–Crippen MR) is 116 cm³/mol. The lowest BCUT2D eigenvalue weighted by molar-refractivity contribution is -0.128. The van der Waals surface area contributed by atoms with Gasteiger partial charge in [0.25, 0.3) is 11.8 Å². The summed E-state index contributed by atoms with van der Waals surface area (Å²) in [6.45, 7) is 10.9. The van der Waals surface area contributed by atoms with E-state index < -0.39 is 23.3 Å². The van der Waals surface area contributed by atoms with E-state index in [2.05, 4.69) is 16.2 Å². The van der Waals surface area contributed by atoms with Crippen LogP contribution in [0, 0.1) is 19.3 Å². The highest BCUT2D eigenvalue weighted by Crippen LogP contribution is 2.22. The second-order valence-corrected chi connectivity index (χ2v) is 8.19. The van der Waals surface area contributed by atoms with Crippen LogP contribution in [0.2, 0.25) is 0 Å². The van der Waals surface area contributed by atoms with Gasteiger partial charge in [-0.15, -0.1) is 0 Å². The highest BCUT2D eigenvalue weighted by molar-refractivity contribution is 5.99. The third-order valence-electron chi connectivity index (χ3n) is 4.59. The van der Waals surface area contributed by atoms with Crippen molar-refractivity contribution in [1.82, 2.24) is 10.9 Å². The van der Waals surface area contributed by atoms with Crippen LogP contribution in [0.3, 0.4) is 0 Å². The van der Waals surface area contributed by atoms with Gasteiger partial charge in [0.15, 0.2) is 6.10 Å². The number of anilines is 1. The van der Waals surface area contributed by atoms with Gasteiger partial charge >= 0.3 is 0 Å². The van der Waals surface area contributed by atoms with E-state index in [-0.39, 0.29) is 5.91 Å². The van der Waals surface area contributed by atoms with E-state index in [1.807, 2.05) is 26.0 Å². The van der Waals surface area contributed by atoms with Crippen molar-refractivity contribution in [3.63, 3.8) is 0 Å². The summed E-state index contributed by atoms with van der Waals surface area (Å²) < 4.78 is 5.71. The van der Waals surface area contributed by atoms with Crippen molar-refractivity contribution in [2.24, 2.45) is 5.41 Å². The molecule has 0 aliphatic heterocycles. The molecule has 0 spiro atoms. The summed E-state index contributed by atoms with van der Waals surface area (Å²) in [5.41, 5.74) is 6.99. The van der Waals surface area contributed by atoms with Gasteiger partial charge in [-0.25, -0.2) is 0 Å². The smallest absolute Gasteiger partial charge is 0.279 e. The fourth-order valence-electron chi connectivity index (χ4n) is 2.44. The molecule has 0 aromatic heterocycles. The quantitative estimate of drug-likeness (QED) is 0.656. The fraction of sp³-hybridized carbons (Fsp3) is 0.348. The van der Waals surface area contributed by atoms with Gasteiger partial charge in [0, 0.05) is 16.7 Å². The van der Waals surface area contributed by atoms with Crippen molar-refractivity contribution in [3.8, 4) is 5.75 Å². The number of benzene rings is 2. The number of hydrogen-bond donors (Lipinski definition) is 3. The first kappa shape index (κ1) is 22.9. The number of amides is 3. The molecule has 2 aromatic rings. The van der Waals surface area contributed by atoms with Crippen molar-refractivity contribution in [2.75, 3.05) is 5.32 Å². The highest BCUT2D eigenvalue weighted by atomic mass is 16.5. The molecule has 0 saturated heterocycles. The van der Waals surface area contributed by atoms with Crippen molar-refractivity contribution >= 4 is 23.4 Å². The van der Waals surface area contributed by atoms with Gasteiger partial charge in [0.1, 0.15) is 5.75 Å². The maximum absolute atomic E-state index is 12.4. The molecule has 0 heterocycles. The molecule has 3 amide bonds. The molecule has 0 aliphatic rings. The third-order valence-corrected chi connectivity index (χ3v) is 4.59. The van der Waals surface area contributed by atoms with Gasteiger partial charge in [-0.1, -0.05) is 39.0 Å². The molecule has 0 bridgehead atoms. The molecule has 3 N–H and O–H groups in total. The van der Waals surface area contributed by atoms with E-state index in [1.54, 1.807) is 58.0 Å². The monoisotopic (exact) mass is 411 g/mol. The standard InChI is InChI=1S/C23H29N3O4/c1-14-9-7-12-19(15(14)2)30-16(3)20(27)25-26-21(28)17-10-8-11-18(13-17)24-22(29)23(4,5)6/h7-13,16H,1-6H3,(H,24,29)(H,25,27)(H,26,28). The molecule has 0 aliphatic carbocycles. The van der Waals surface area contributed by atoms with Gasteiger partial charge in [-0.2, -0.15) is 0 Å². The molecular formula is C23H29N3O4. The Kier molecular flexibility index (Phi) is 7.21. The van der Waals surface area contributed by atoms with Crippen LogP contribution in [0.4, 0.5) is 5.69 Å². The number of carbonyl (C=O) groups is 3.